The summed E-state index contributed by atoms with van der Waals surface area (Å²) < 4.78 is 0. The Kier molecular flexibility index (Phi) is 2.99. The summed E-state index contributed by atoms with van der Waals surface area (Å²) in [5.74, 6) is 1.59. The van der Waals surface area contributed by atoms with Gasteiger partial charge in [0.25, 0.3) is 0 Å². The fourth-order valence-electron chi connectivity index (χ4n) is 2.27. The summed E-state index contributed by atoms with van der Waals surface area (Å²) in [6.45, 7) is 6.93. The fourth-order valence-corrected chi connectivity index (χ4v) is 2.27. The third kappa shape index (κ3) is 2.71. The summed E-state index contributed by atoms with van der Waals surface area (Å²) in [5.41, 5.74) is 5.94. The molecule has 76 valence electrons. The van der Waals surface area contributed by atoms with Crippen molar-refractivity contribution in [1.29, 1.82) is 5.41 Å². The van der Waals surface area contributed by atoms with Crippen LogP contribution in [-0.2, 0) is 0 Å². The molecule has 0 bridgehead atoms. The van der Waals surface area contributed by atoms with Crippen molar-refractivity contribution in [3.63, 3.8) is 0 Å². The van der Waals surface area contributed by atoms with E-state index in [9.17, 15) is 0 Å². The van der Waals surface area contributed by atoms with Gasteiger partial charge in [0.2, 0.25) is 0 Å². The quantitative estimate of drug-likeness (QED) is 0.475. The number of amidine groups is 1. The van der Waals surface area contributed by atoms with Gasteiger partial charge in [0.15, 0.2) is 0 Å². The standard InChI is InChI=1S/C11H22N2/c1-11(2,3)9-6-4-8(5-7-9)10(12)13/h8-9H,4-7H2,1-3H3,(H3,12,13). The van der Waals surface area contributed by atoms with Gasteiger partial charge in [-0.05, 0) is 37.0 Å². The van der Waals surface area contributed by atoms with Crippen molar-refractivity contribution in [3.05, 3.63) is 0 Å². The minimum absolute atomic E-state index is 0.374. The predicted octanol–water partition coefficient (Wildman–Crippen LogP) is 2.77. The zero-order valence-electron chi connectivity index (χ0n) is 9.06. The molecule has 0 aromatic carbocycles. The first kappa shape index (κ1) is 10.6. The van der Waals surface area contributed by atoms with Crippen molar-refractivity contribution in [3.8, 4) is 0 Å². The van der Waals surface area contributed by atoms with E-state index in [-0.39, 0.29) is 0 Å². The smallest absolute Gasteiger partial charge is 0.0936 e. The van der Waals surface area contributed by atoms with E-state index in [0.717, 1.165) is 18.8 Å². The third-order valence-corrected chi connectivity index (χ3v) is 3.39. The van der Waals surface area contributed by atoms with Crippen LogP contribution < -0.4 is 5.73 Å². The molecule has 0 aromatic rings. The van der Waals surface area contributed by atoms with Crippen LogP contribution >= 0.6 is 0 Å². The second-order valence-electron chi connectivity index (χ2n) is 5.37. The molecule has 0 aliphatic heterocycles. The molecule has 0 radical (unpaired) electrons. The molecule has 0 unspecified atom stereocenters. The SMILES string of the molecule is CC(C)(C)C1CCC(C(=N)N)CC1. The molecule has 1 saturated carbocycles. The molecule has 1 rings (SSSR count). The van der Waals surface area contributed by atoms with E-state index in [0.29, 0.717) is 17.2 Å². The van der Waals surface area contributed by atoms with Crippen molar-refractivity contribution in [2.45, 2.75) is 46.5 Å². The van der Waals surface area contributed by atoms with E-state index in [4.69, 9.17) is 11.1 Å². The zero-order chi connectivity index (χ0) is 10.1. The molecule has 0 atom stereocenters. The van der Waals surface area contributed by atoms with Crippen LogP contribution in [0.4, 0.5) is 0 Å². The lowest BCUT2D eigenvalue weighted by atomic mass is 9.69. The molecule has 2 heteroatoms. The van der Waals surface area contributed by atoms with E-state index >= 15 is 0 Å². The first-order chi connectivity index (χ1) is 5.91. The highest BCUT2D eigenvalue weighted by atomic mass is 14.7. The summed E-state index contributed by atoms with van der Waals surface area (Å²) in [7, 11) is 0. The van der Waals surface area contributed by atoms with E-state index in [1.807, 2.05) is 0 Å². The first-order valence-electron chi connectivity index (χ1n) is 5.25. The van der Waals surface area contributed by atoms with Crippen LogP contribution in [0.1, 0.15) is 46.5 Å². The highest BCUT2D eigenvalue weighted by Crippen LogP contribution is 2.39. The number of nitrogens with one attached hydrogen (secondary N) is 1. The van der Waals surface area contributed by atoms with Gasteiger partial charge in [-0.15, -0.1) is 0 Å². The van der Waals surface area contributed by atoms with Gasteiger partial charge < -0.3 is 5.73 Å². The Morgan fingerprint density at radius 1 is 1.15 bits per heavy atom. The van der Waals surface area contributed by atoms with Gasteiger partial charge in [0.05, 0.1) is 5.84 Å². The molecule has 1 aliphatic carbocycles. The van der Waals surface area contributed by atoms with Gasteiger partial charge in [-0.3, -0.25) is 5.41 Å². The minimum Gasteiger partial charge on any atom is -0.387 e. The van der Waals surface area contributed by atoms with Gasteiger partial charge in [0.1, 0.15) is 0 Å². The van der Waals surface area contributed by atoms with Crippen molar-refractivity contribution < 1.29 is 0 Å². The molecule has 1 fully saturated rings. The molecular weight excluding hydrogens is 160 g/mol. The highest BCUT2D eigenvalue weighted by Gasteiger charge is 2.30. The molecule has 2 nitrogen and oxygen atoms in total. The summed E-state index contributed by atoms with van der Waals surface area (Å²) in [5, 5.41) is 7.39. The van der Waals surface area contributed by atoms with Crippen molar-refractivity contribution in [2.24, 2.45) is 23.0 Å². The lowest BCUT2D eigenvalue weighted by Gasteiger charge is -2.36. The second kappa shape index (κ2) is 3.69. The number of rotatable bonds is 1. The average molecular weight is 182 g/mol. The van der Waals surface area contributed by atoms with Crippen LogP contribution in [0.5, 0.6) is 0 Å². The van der Waals surface area contributed by atoms with E-state index in [1.165, 1.54) is 12.8 Å². The Hall–Kier alpha value is -0.530. The first-order valence-corrected chi connectivity index (χ1v) is 5.25. The Labute approximate surface area is 81.4 Å². The van der Waals surface area contributed by atoms with Gasteiger partial charge in [-0.2, -0.15) is 0 Å². The van der Waals surface area contributed by atoms with Gasteiger partial charge in [-0.1, -0.05) is 20.8 Å². The molecule has 0 saturated heterocycles. The number of nitrogens with two attached hydrogens (primary N) is 1. The van der Waals surface area contributed by atoms with Crippen LogP contribution in [0.2, 0.25) is 0 Å². The predicted molar refractivity (Wildman–Crippen MR) is 56.8 cm³/mol. The molecule has 1 aliphatic rings. The molecular formula is C11H22N2. The van der Waals surface area contributed by atoms with Crippen LogP contribution in [-0.4, -0.2) is 5.84 Å². The summed E-state index contributed by atoms with van der Waals surface area (Å²) in [4.78, 5) is 0. The van der Waals surface area contributed by atoms with Crippen LogP contribution in [0, 0.1) is 22.7 Å². The lowest BCUT2D eigenvalue weighted by molar-refractivity contribution is 0.166. The van der Waals surface area contributed by atoms with Crippen LogP contribution in [0.25, 0.3) is 0 Å². The normalized spacial score (nSPS) is 30.1. The second-order valence-corrected chi connectivity index (χ2v) is 5.37. The fraction of sp³-hybridized carbons (Fsp3) is 0.909. The van der Waals surface area contributed by atoms with Crippen molar-refractivity contribution >= 4 is 5.84 Å². The molecule has 0 heterocycles. The maximum absolute atomic E-state index is 7.39. The summed E-state index contributed by atoms with van der Waals surface area (Å²) in [6.07, 6.45) is 4.73. The Morgan fingerprint density at radius 3 is 1.92 bits per heavy atom. The van der Waals surface area contributed by atoms with Crippen LogP contribution in [0.15, 0.2) is 0 Å². The van der Waals surface area contributed by atoms with Crippen LogP contribution in [0.3, 0.4) is 0 Å². The minimum atomic E-state index is 0.374. The monoisotopic (exact) mass is 182 g/mol. The highest BCUT2D eigenvalue weighted by molar-refractivity contribution is 5.79. The number of hydrogen-bond donors (Lipinski definition) is 2. The zero-order valence-corrected chi connectivity index (χ0v) is 9.06. The average Bonchev–Trinajstić information content (AvgIpc) is 2.03. The molecule has 0 spiro atoms. The molecule has 3 N–H and O–H groups in total. The van der Waals surface area contributed by atoms with E-state index < -0.39 is 0 Å². The van der Waals surface area contributed by atoms with Crippen molar-refractivity contribution in [1.82, 2.24) is 0 Å². The van der Waals surface area contributed by atoms with Gasteiger partial charge in [-0.25, -0.2) is 0 Å². The van der Waals surface area contributed by atoms with Gasteiger partial charge in [0, 0.05) is 5.92 Å². The lowest BCUT2D eigenvalue weighted by Crippen LogP contribution is -2.31. The topological polar surface area (TPSA) is 49.9 Å². The van der Waals surface area contributed by atoms with Crippen molar-refractivity contribution in [2.75, 3.05) is 0 Å². The Bertz CT molecular complexity index is 183. The molecule has 0 amide bonds. The van der Waals surface area contributed by atoms with E-state index in [2.05, 4.69) is 20.8 Å². The maximum Gasteiger partial charge on any atom is 0.0936 e. The summed E-state index contributed by atoms with van der Waals surface area (Å²) >= 11 is 0. The number of hydrogen-bond acceptors (Lipinski definition) is 1. The largest absolute Gasteiger partial charge is 0.387 e. The molecule has 0 aromatic heterocycles. The Balaban J connectivity index is 2.44. The van der Waals surface area contributed by atoms with Gasteiger partial charge >= 0.3 is 0 Å². The molecule has 13 heavy (non-hydrogen) atoms. The van der Waals surface area contributed by atoms with E-state index in [1.54, 1.807) is 0 Å². The maximum atomic E-state index is 7.39. The Morgan fingerprint density at radius 2 is 1.62 bits per heavy atom. The third-order valence-electron chi connectivity index (χ3n) is 3.39. The summed E-state index contributed by atoms with van der Waals surface area (Å²) in [6, 6.07) is 0.